The highest BCUT2D eigenvalue weighted by molar-refractivity contribution is 7.47. The number of Topliss-reactive ketones (excluding diaryl/α,β-unsaturated/α-hetero) is 2. The Hall–Kier alpha value is -3.42. The van der Waals surface area contributed by atoms with Crippen LogP contribution in [0.3, 0.4) is 0 Å². The molecule has 2 aromatic carbocycles. The Morgan fingerprint density at radius 3 is 1.61 bits per heavy atom. The van der Waals surface area contributed by atoms with Crippen LogP contribution < -0.4 is 18.9 Å². The van der Waals surface area contributed by atoms with E-state index in [1.54, 1.807) is 12.1 Å². The van der Waals surface area contributed by atoms with Crippen LogP contribution in [0.2, 0.25) is 0 Å². The molecule has 46 heavy (non-hydrogen) atoms. The number of esters is 1. The van der Waals surface area contributed by atoms with Gasteiger partial charge in [-0.25, -0.2) is 8.78 Å². The zero-order valence-electron chi connectivity index (χ0n) is 25.9. The van der Waals surface area contributed by atoms with Gasteiger partial charge in [0.25, 0.3) is 0 Å². The van der Waals surface area contributed by atoms with E-state index in [0.717, 1.165) is 22.7 Å². The van der Waals surface area contributed by atoms with Gasteiger partial charge in [0.05, 0.1) is 50.7 Å². The Labute approximate surface area is 273 Å². The lowest BCUT2D eigenvalue weighted by Gasteiger charge is -2.14. The molecule has 10 nitrogen and oxygen atoms in total. The number of carbonyl (C=O) groups excluding carboxylic acids is 3. The zero-order chi connectivity index (χ0) is 33.4. The van der Waals surface area contributed by atoms with Crippen molar-refractivity contribution in [3.8, 4) is 23.0 Å². The van der Waals surface area contributed by atoms with Crippen molar-refractivity contribution in [3.63, 3.8) is 0 Å². The first-order chi connectivity index (χ1) is 22.1. The number of rotatable bonds is 18. The van der Waals surface area contributed by atoms with Crippen molar-refractivity contribution in [1.82, 2.24) is 0 Å². The molecule has 0 aliphatic rings. The minimum atomic E-state index is -1.16. The summed E-state index contributed by atoms with van der Waals surface area (Å²) in [6.45, 7) is 0.0123. The molecule has 0 fully saturated rings. The fraction of sp³-hybridized carbons (Fsp3) is 0.387. The highest BCUT2D eigenvalue weighted by Gasteiger charge is 2.23. The monoisotopic (exact) mass is 698 g/mol. The summed E-state index contributed by atoms with van der Waals surface area (Å²) in [6, 6.07) is 6.13. The normalized spacial score (nSPS) is 11.3. The van der Waals surface area contributed by atoms with Gasteiger partial charge in [0.2, 0.25) is 0 Å². The van der Waals surface area contributed by atoms with E-state index >= 15 is 8.78 Å². The van der Waals surface area contributed by atoms with Gasteiger partial charge in [-0.3, -0.25) is 14.4 Å². The standard InChI is InChI=1S/C31H33F2O10PS2/c1-37-21-15-23-17(13-25(45-23)19(34)7-8-27(36)39-3)28(32)30(21)42-10-6-11-43-31-22(38-2)16-24-18(29(31)33)14-26(46-24)20(35)9-12-44(40-4)41-5/h13-16H,6-12H2,1-5H3. The van der Waals surface area contributed by atoms with Gasteiger partial charge in [-0.15, -0.1) is 22.7 Å². The molecule has 0 saturated heterocycles. The van der Waals surface area contributed by atoms with Crippen LogP contribution in [0.15, 0.2) is 24.3 Å². The third-order valence-electron chi connectivity index (χ3n) is 6.85. The molecular formula is C31H33F2O10PS2. The van der Waals surface area contributed by atoms with Gasteiger partial charge in [-0.2, -0.15) is 0 Å². The Balaban J connectivity index is 1.41. The average Bonchev–Trinajstić information content (AvgIpc) is 3.70. The highest BCUT2D eigenvalue weighted by atomic mass is 32.1. The Morgan fingerprint density at radius 1 is 0.696 bits per heavy atom. The summed E-state index contributed by atoms with van der Waals surface area (Å²) in [4.78, 5) is 37.4. The van der Waals surface area contributed by atoms with Gasteiger partial charge in [-0.05, 0) is 12.1 Å². The van der Waals surface area contributed by atoms with Crippen molar-refractivity contribution in [2.75, 3.05) is 54.9 Å². The molecule has 0 amide bonds. The summed E-state index contributed by atoms with van der Waals surface area (Å²) in [5.74, 6) is -2.25. The number of thiophene rings is 2. The molecule has 0 aliphatic heterocycles. The summed E-state index contributed by atoms with van der Waals surface area (Å²) in [7, 11) is 5.89. The van der Waals surface area contributed by atoms with E-state index in [0.29, 0.717) is 25.3 Å². The molecule has 0 bridgehead atoms. The molecule has 2 heterocycles. The van der Waals surface area contributed by atoms with Gasteiger partial charge >= 0.3 is 5.97 Å². The fourth-order valence-corrected chi connectivity index (χ4v) is 7.47. The maximum atomic E-state index is 15.6. The second kappa shape index (κ2) is 16.4. The van der Waals surface area contributed by atoms with Crippen molar-refractivity contribution in [2.24, 2.45) is 0 Å². The van der Waals surface area contributed by atoms with Gasteiger partial charge < -0.3 is 32.7 Å². The van der Waals surface area contributed by atoms with E-state index in [1.165, 1.54) is 47.7 Å². The molecule has 4 rings (SSSR count). The molecule has 0 unspecified atom stereocenters. The number of methoxy groups -OCH3 is 3. The Kier molecular flexibility index (Phi) is 12.6. The van der Waals surface area contributed by atoms with Crippen molar-refractivity contribution in [3.05, 3.63) is 45.7 Å². The molecular weight excluding hydrogens is 665 g/mol. The topological polar surface area (TPSA) is 116 Å². The summed E-state index contributed by atoms with van der Waals surface area (Å²) >= 11 is 2.25. The molecule has 0 atom stereocenters. The van der Waals surface area contributed by atoms with Crippen LogP contribution in [0.5, 0.6) is 23.0 Å². The van der Waals surface area contributed by atoms with E-state index in [1.807, 2.05) is 0 Å². The van der Waals surface area contributed by atoms with Gasteiger partial charge in [0.1, 0.15) is 0 Å². The predicted octanol–water partition coefficient (Wildman–Crippen LogP) is 7.57. The molecule has 0 spiro atoms. The van der Waals surface area contributed by atoms with Crippen LogP contribution in [0.1, 0.15) is 45.0 Å². The van der Waals surface area contributed by atoms with Crippen molar-refractivity contribution < 1.29 is 55.9 Å². The molecule has 15 heteroatoms. The lowest BCUT2D eigenvalue weighted by molar-refractivity contribution is -0.140. The number of hydrogen-bond acceptors (Lipinski definition) is 12. The summed E-state index contributed by atoms with van der Waals surface area (Å²) < 4.78 is 69.2. The fourth-order valence-electron chi connectivity index (χ4n) is 4.47. The minimum Gasteiger partial charge on any atom is -0.493 e. The molecule has 0 N–H and O–H groups in total. The first-order valence-electron chi connectivity index (χ1n) is 14.0. The van der Waals surface area contributed by atoms with Crippen LogP contribution in [-0.4, -0.2) is 72.5 Å². The van der Waals surface area contributed by atoms with Crippen molar-refractivity contribution in [1.29, 1.82) is 0 Å². The Morgan fingerprint density at radius 2 is 1.17 bits per heavy atom. The smallest absolute Gasteiger partial charge is 0.305 e. The largest absolute Gasteiger partial charge is 0.493 e. The number of ketones is 2. The molecule has 4 aromatic rings. The summed E-state index contributed by atoms with van der Waals surface area (Å²) in [6.07, 6.45) is 0.736. The first kappa shape index (κ1) is 35.4. The van der Waals surface area contributed by atoms with Crippen molar-refractivity contribution in [2.45, 2.75) is 25.7 Å². The maximum Gasteiger partial charge on any atom is 0.305 e. The van der Waals surface area contributed by atoms with E-state index in [-0.39, 0.29) is 84.2 Å². The molecule has 0 radical (unpaired) electrons. The van der Waals surface area contributed by atoms with E-state index in [2.05, 4.69) is 4.74 Å². The summed E-state index contributed by atoms with van der Waals surface area (Å²) in [5, 5.41) is 0.422. The molecule has 0 aliphatic carbocycles. The first-order valence-corrected chi connectivity index (χ1v) is 17.0. The van der Waals surface area contributed by atoms with E-state index < -0.39 is 26.0 Å². The third-order valence-corrected chi connectivity index (χ3v) is 10.5. The number of benzene rings is 2. The molecule has 248 valence electrons. The predicted molar refractivity (Wildman–Crippen MR) is 173 cm³/mol. The van der Waals surface area contributed by atoms with Crippen LogP contribution in [0, 0.1) is 11.6 Å². The quantitative estimate of drug-likeness (QED) is 0.0446. The number of halogens is 2. The van der Waals surface area contributed by atoms with Gasteiger partial charge in [0, 0.05) is 71.9 Å². The van der Waals surface area contributed by atoms with E-state index in [9.17, 15) is 14.4 Å². The number of fused-ring (bicyclic) bond motifs is 2. The van der Waals surface area contributed by atoms with Crippen LogP contribution in [-0.2, 0) is 18.6 Å². The van der Waals surface area contributed by atoms with E-state index in [4.69, 9.17) is 28.0 Å². The van der Waals surface area contributed by atoms with Crippen LogP contribution >= 0.6 is 31.0 Å². The minimum absolute atomic E-state index is 0.00259. The second-order valence-corrected chi connectivity index (χ2v) is 13.6. The van der Waals surface area contributed by atoms with Crippen molar-refractivity contribution >= 4 is 68.8 Å². The molecule has 2 aromatic heterocycles. The number of ether oxygens (including phenoxy) is 5. The maximum absolute atomic E-state index is 15.6. The van der Waals surface area contributed by atoms with Crippen LogP contribution in [0.25, 0.3) is 20.2 Å². The third kappa shape index (κ3) is 8.10. The second-order valence-electron chi connectivity index (χ2n) is 9.63. The van der Waals surface area contributed by atoms with Gasteiger partial charge in [0.15, 0.2) is 54.6 Å². The molecule has 0 saturated carbocycles. The number of hydrogen-bond donors (Lipinski definition) is 0. The SMILES string of the molecule is COC(=O)CCC(=O)c1cc2c(F)c(OCCCOc3c(OC)cc4sc(C(=O)CCP(OC)OC)cc4c3F)c(OC)cc2s1. The lowest BCUT2D eigenvalue weighted by atomic mass is 10.1. The Bertz CT molecular complexity index is 1720. The van der Waals surface area contributed by atoms with Gasteiger partial charge in [-0.1, -0.05) is 0 Å². The zero-order valence-corrected chi connectivity index (χ0v) is 28.4. The average molecular weight is 699 g/mol. The lowest BCUT2D eigenvalue weighted by Crippen LogP contribution is -2.08. The van der Waals surface area contributed by atoms with Crippen LogP contribution in [0.4, 0.5) is 8.78 Å². The number of carbonyl (C=O) groups is 3. The highest BCUT2D eigenvalue weighted by Crippen LogP contribution is 2.42. The summed E-state index contributed by atoms with van der Waals surface area (Å²) in [5.41, 5.74) is 0.